The predicted octanol–water partition coefficient (Wildman–Crippen LogP) is 4.41. The zero-order chi connectivity index (χ0) is 27.6. The molecular weight excluding hydrogens is 547 g/mol. The molecule has 0 fully saturated rings. The van der Waals surface area contributed by atoms with Gasteiger partial charge in [-0.05, 0) is 69.2 Å². The SMILES string of the molecule is Cc1c(C(=O)N2CCN(C(C)C)CCCN(S(C)(=O)=O)c3cc(Cl)ccc3C2)nnn1-c1ccc(Cl)cc1. The van der Waals surface area contributed by atoms with Gasteiger partial charge in [0.2, 0.25) is 10.0 Å². The zero-order valence-corrected chi connectivity index (χ0v) is 24.3. The normalized spacial score (nSPS) is 15.9. The quantitative estimate of drug-likeness (QED) is 0.455. The van der Waals surface area contributed by atoms with Crippen molar-refractivity contribution in [3.8, 4) is 5.69 Å². The lowest BCUT2D eigenvalue weighted by molar-refractivity contribution is 0.0705. The Hall–Kier alpha value is -2.66. The molecule has 9 nitrogen and oxygen atoms in total. The van der Waals surface area contributed by atoms with E-state index in [9.17, 15) is 13.2 Å². The maximum Gasteiger partial charge on any atom is 0.276 e. The lowest BCUT2D eigenvalue weighted by Gasteiger charge is -2.29. The van der Waals surface area contributed by atoms with Crippen LogP contribution < -0.4 is 4.31 Å². The molecule has 2 heterocycles. The third kappa shape index (κ3) is 6.31. The van der Waals surface area contributed by atoms with Crippen molar-refractivity contribution in [2.45, 2.75) is 39.8 Å². The first-order chi connectivity index (χ1) is 18.0. The second-order valence-electron chi connectivity index (χ2n) is 9.73. The fourth-order valence-electron chi connectivity index (χ4n) is 4.62. The first-order valence-corrected chi connectivity index (χ1v) is 15.0. The Balaban J connectivity index is 1.75. The molecule has 1 aliphatic heterocycles. The van der Waals surface area contributed by atoms with E-state index in [0.717, 1.165) is 5.69 Å². The fourth-order valence-corrected chi connectivity index (χ4v) is 5.90. The molecule has 4 rings (SSSR count). The van der Waals surface area contributed by atoms with E-state index >= 15 is 0 Å². The van der Waals surface area contributed by atoms with Gasteiger partial charge in [-0.2, -0.15) is 0 Å². The summed E-state index contributed by atoms with van der Waals surface area (Å²) < 4.78 is 28.6. The monoisotopic (exact) mass is 578 g/mol. The van der Waals surface area contributed by atoms with Crippen LogP contribution in [0.5, 0.6) is 0 Å². The molecule has 1 aromatic heterocycles. The van der Waals surface area contributed by atoms with Crippen LogP contribution in [0.1, 0.15) is 42.0 Å². The van der Waals surface area contributed by atoms with Crippen molar-refractivity contribution in [3.63, 3.8) is 0 Å². The number of anilines is 1. The van der Waals surface area contributed by atoms with Crippen LogP contribution in [0.15, 0.2) is 42.5 Å². The number of aromatic nitrogens is 3. The molecule has 1 amide bonds. The first-order valence-electron chi connectivity index (χ1n) is 12.4. The van der Waals surface area contributed by atoms with Crippen molar-refractivity contribution < 1.29 is 13.2 Å². The molecule has 12 heteroatoms. The second-order valence-corrected chi connectivity index (χ2v) is 12.5. The zero-order valence-electron chi connectivity index (χ0n) is 21.9. The van der Waals surface area contributed by atoms with Crippen molar-refractivity contribution in [2.75, 3.05) is 36.7 Å². The van der Waals surface area contributed by atoms with Gasteiger partial charge in [0.25, 0.3) is 5.91 Å². The van der Waals surface area contributed by atoms with Crippen molar-refractivity contribution in [1.82, 2.24) is 24.8 Å². The maximum atomic E-state index is 13.9. The van der Waals surface area contributed by atoms with Gasteiger partial charge >= 0.3 is 0 Å². The standard InChI is InChI=1S/C26H32Cl2N6O3S/c1-18(2)31-12-5-13-33(38(4,36)37)24-16-22(28)7-6-20(24)17-32(15-14-31)26(35)25-19(3)34(30-29-25)23-10-8-21(27)9-11-23/h6-11,16,18H,5,12-15,17H2,1-4H3. The lowest BCUT2D eigenvalue weighted by atomic mass is 10.1. The summed E-state index contributed by atoms with van der Waals surface area (Å²) in [5.41, 5.74) is 2.75. The number of hydrogen-bond acceptors (Lipinski definition) is 6. The van der Waals surface area contributed by atoms with E-state index in [-0.39, 0.29) is 24.2 Å². The Kier molecular flexibility index (Phi) is 8.66. The van der Waals surface area contributed by atoms with Crippen LogP contribution >= 0.6 is 23.2 Å². The van der Waals surface area contributed by atoms with Gasteiger partial charge in [-0.15, -0.1) is 5.10 Å². The summed E-state index contributed by atoms with van der Waals surface area (Å²) in [5.74, 6) is -0.280. The largest absolute Gasteiger partial charge is 0.331 e. The molecule has 38 heavy (non-hydrogen) atoms. The number of hydrogen-bond donors (Lipinski definition) is 0. The molecule has 0 saturated heterocycles. The number of carbonyl (C=O) groups excluding carboxylic acids is 1. The van der Waals surface area contributed by atoms with Crippen LogP contribution in [0.4, 0.5) is 5.69 Å². The van der Waals surface area contributed by atoms with Gasteiger partial charge in [0, 0.05) is 48.8 Å². The minimum Gasteiger partial charge on any atom is -0.331 e. The van der Waals surface area contributed by atoms with Gasteiger partial charge < -0.3 is 4.90 Å². The Labute approximate surface area is 234 Å². The highest BCUT2D eigenvalue weighted by atomic mass is 35.5. The molecule has 3 aromatic rings. The molecule has 0 radical (unpaired) electrons. The molecular formula is C26H32Cl2N6O3S. The average molecular weight is 580 g/mol. The van der Waals surface area contributed by atoms with E-state index in [0.29, 0.717) is 59.6 Å². The molecule has 0 N–H and O–H groups in total. The van der Waals surface area contributed by atoms with Gasteiger partial charge in [-0.1, -0.05) is 34.5 Å². The Morgan fingerprint density at radius 1 is 0.974 bits per heavy atom. The molecule has 2 aromatic carbocycles. The van der Waals surface area contributed by atoms with Gasteiger partial charge in [0.1, 0.15) is 0 Å². The molecule has 204 valence electrons. The van der Waals surface area contributed by atoms with Gasteiger partial charge in [0.05, 0.1) is 23.3 Å². The average Bonchev–Trinajstić information content (AvgIpc) is 3.22. The van der Waals surface area contributed by atoms with E-state index in [4.69, 9.17) is 23.2 Å². The molecule has 0 unspecified atom stereocenters. The highest BCUT2D eigenvalue weighted by molar-refractivity contribution is 7.92. The number of sulfonamides is 1. The number of benzene rings is 2. The van der Waals surface area contributed by atoms with E-state index in [1.165, 1.54) is 10.6 Å². The summed E-state index contributed by atoms with van der Waals surface area (Å²) in [5, 5.41) is 9.48. The highest BCUT2D eigenvalue weighted by Crippen LogP contribution is 2.29. The Bertz CT molecular complexity index is 1410. The summed E-state index contributed by atoms with van der Waals surface area (Å²) in [6.45, 7) is 8.25. The van der Waals surface area contributed by atoms with Gasteiger partial charge in [-0.25, -0.2) is 13.1 Å². The van der Waals surface area contributed by atoms with Crippen LogP contribution in [-0.2, 0) is 16.6 Å². The molecule has 0 atom stereocenters. The number of fused-ring (bicyclic) bond motifs is 1. The van der Waals surface area contributed by atoms with Crippen LogP contribution in [0.25, 0.3) is 5.69 Å². The van der Waals surface area contributed by atoms with Crippen LogP contribution in [0.3, 0.4) is 0 Å². The van der Waals surface area contributed by atoms with Gasteiger partial charge in [0.15, 0.2) is 5.69 Å². The fraction of sp³-hybridized carbons (Fsp3) is 0.423. The topological polar surface area (TPSA) is 91.6 Å². The van der Waals surface area contributed by atoms with Crippen molar-refractivity contribution in [1.29, 1.82) is 0 Å². The third-order valence-electron chi connectivity index (χ3n) is 6.73. The summed E-state index contributed by atoms with van der Waals surface area (Å²) in [7, 11) is -3.58. The molecule has 0 aliphatic carbocycles. The summed E-state index contributed by atoms with van der Waals surface area (Å²) in [4.78, 5) is 17.9. The van der Waals surface area contributed by atoms with E-state index in [1.807, 2.05) is 12.1 Å². The lowest BCUT2D eigenvalue weighted by Crippen LogP contribution is -2.41. The molecule has 0 bridgehead atoms. The van der Waals surface area contributed by atoms with Crippen LogP contribution in [-0.4, -0.2) is 77.6 Å². The smallest absolute Gasteiger partial charge is 0.276 e. The van der Waals surface area contributed by atoms with Crippen LogP contribution in [0, 0.1) is 6.92 Å². The third-order valence-corrected chi connectivity index (χ3v) is 8.39. The molecule has 1 aliphatic rings. The first kappa shape index (κ1) is 28.4. The number of carbonyl (C=O) groups is 1. The molecule has 0 saturated carbocycles. The van der Waals surface area contributed by atoms with E-state index < -0.39 is 10.0 Å². The minimum absolute atomic E-state index is 0.191. The van der Waals surface area contributed by atoms with E-state index in [1.54, 1.807) is 46.8 Å². The van der Waals surface area contributed by atoms with Crippen molar-refractivity contribution in [2.24, 2.45) is 0 Å². The van der Waals surface area contributed by atoms with Crippen molar-refractivity contribution >= 4 is 44.8 Å². The number of rotatable bonds is 4. The number of nitrogens with zero attached hydrogens (tertiary/aromatic N) is 6. The summed E-state index contributed by atoms with van der Waals surface area (Å²) in [6.07, 6.45) is 1.83. The van der Waals surface area contributed by atoms with Gasteiger partial charge in [-0.3, -0.25) is 14.0 Å². The Morgan fingerprint density at radius 3 is 2.32 bits per heavy atom. The maximum absolute atomic E-state index is 13.9. The van der Waals surface area contributed by atoms with Crippen LogP contribution in [0.2, 0.25) is 10.0 Å². The number of amides is 1. The van der Waals surface area contributed by atoms with E-state index in [2.05, 4.69) is 29.1 Å². The summed E-state index contributed by atoms with van der Waals surface area (Å²) >= 11 is 12.3. The number of halogens is 2. The Morgan fingerprint density at radius 2 is 1.66 bits per heavy atom. The molecule has 0 spiro atoms. The minimum atomic E-state index is -3.58. The predicted molar refractivity (Wildman–Crippen MR) is 151 cm³/mol. The second kappa shape index (κ2) is 11.6. The van der Waals surface area contributed by atoms with Crippen molar-refractivity contribution in [3.05, 3.63) is 69.5 Å². The summed E-state index contributed by atoms with van der Waals surface area (Å²) in [6, 6.07) is 12.5. The highest BCUT2D eigenvalue weighted by Gasteiger charge is 2.28.